The summed E-state index contributed by atoms with van der Waals surface area (Å²) in [7, 11) is 0. The summed E-state index contributed by atoms with van der Waals surface area (Å²) < 4.78 is 44.8. The number of hydrogen-bond acceptors (Lipinski definition) is 10. The Labute approximate surface area is 324 Å². The highest BCUT2D eigenvalue weighted by atomic mass is 19.4. The van der Waals surface area contributed by atoms with Crippen LogP contribution in [0.1, 0.15) is 94.5 Å². The summed E-state index contributed by atoms with van der Waals surface area (Å²) in [5.41, 5.74) is 0.137. The Morgan fingerprint density at radius 3 is 2.38 bits per heavy atom. The molecule has 1 saturated heterocycles. The number of nitrogens with zero attached hydrogens (tertiary/aromatic N) is 3. The van der Waals surface area contributed by atoms with E-state index in [0.717, 1.165) is 51.0 Å². The number of ether oxygens (including phenoxy) is 1. The Kier molecular flexibility index (Phi) is 14.8. The fourth-order valence-corrected chi connectivity index (χ4v) is 8.28. The monoisotopic (exact) mass is 790 g/mol. The molecule has 0 aromatic carbocycles. The SMILES string of the molecule is C=CC(=O)NC[C@H](NC[C@@H](NC(=O)c1cnccn1)C1CCCCC1)C(=O)N1C[C@@H]2CCC[C@@H]2C1C(=O)N[C@@H](CCC)C(OC(=O)C(F)(F)F)C(=O)NC1CC1. The normalized spacial score (nSPS) is 23.1. The molecule has 2 heterocycles. The number of nitrogens with one attached hydrogen (secondary N) is 5. The van der Waals surface area contributed by atoms with Gasteiger partial charge in [0.15, 0.2) is 6.10 Å². The minimum Gasteiger partial charge on any atom is -0.443 e. The third kappa shape index (κ3) is 11.3. The molecule has 1 aliphatic heterocycles. The second kappa shape index (κ2) is 19.5. The van der Waals surface area contributed by atoms with E-state index in [9.17, 15) is 41.9 Å². The molecule has 5 amide bonds. The number of halogens is 3. The topological polar surface area (TPSA) is 201 Å². The van der Waals surface area contributed by atoms with Crippen molar-refractivity contribution in [1.29, 1.82) is 0 Å². The van der Waals surface area contributed by atoms with Gasteiger partial charge in [-0.05, 0) is 68.8 Å². The number of fused-ring (bicyclic) bond motifs is 1. The number of rotatable bonds is 18. The first-order chi connectivity index (χ1) is 26.8. The van der Waals surface area contributed by atoms with Gasteiger partial charge in [-0.15, -0.1) is 0 Å². The van der Waals surface area contributed by atoms with E-state index in [1.54, 1.807) is 6.92 Å². The Bertz CT molecular complexity index is 1570. The average Bonchev–Trinajstić information content (AvgIpc) is 3.75. The van der Waals surface area contributed by atoms with Crippen molar-refractivity contribution in [3.8, 4) is 0 Å². The quantitative estimate of drug-likeness (QED) is 0.108. The van der Waals surface area contributed by atoms with Gasteiger partial charge in [-0.1, -0.05) is 45.6 Å². The van der Waals surface area contributed by atoms with Crippen LogP contribution in [-0.4, -0.2) is 112 Å². The van der Waals surface area contributed by atoms with E-state index in [0.29, 0.717) is 25.7 Å². The summed E-state index contributed by atoms with van der Waals surface area (Å²) in [6.45, 7) is 5.40. The van der Waals surface area contributed by atoms with Gasteiger partial charge in [-0.2, -0.15) is 13.2 Å². The standard InChI is InChI=1S/C38H53F3N8O7/c1-3-9-26(32(35(53)46-24-14-15-24)56-37(55)38(39,40)41)47-34(52)31-25-13-8-12-23(25)21-49(31)36(54)29(20-45-30(50)4-2)44-19-27(22-10-6-5-7-11-22)48-33(51)28-18-42-16-17-43-28/h4,16-18,22-27,29,31-32,44H,2-3,5-15,19-21H2,1H3,(H,45,50)(H,46,53)(H,47,52)(H,48,51)/t23-,25-,26-,27+,29-,31?,32?/m0/s1. The smallest absolute Gasteiger partial charge is 0.443 e. The third-order valence-electron chi connectivity index (χ3n) is 11.3. The Morgan fingerprint density at radius 2 is 1.73 bits per heavy atom. The third-order valence-corrected chi connectivity index (χ3v) is 11.3. The number of likely N-dealkylation sites (tertiary alicyclic amines) is 1. The molecule has 0 bridgehead atoms. The van der Waals surface area contributed by atoms with E-state index in [4.69, 9.17) is 4.74 Å². The van der Waals surface area contributed by atoms with E-state index in [2.05, 4.69) is 43.1 Å². The van der Waals surface area contributed by atoms with Gasteiger partial charge < -0.3 is 36.2 Å². The first kappa shape index (κ1) is 42.5. The van der Waals surface area contributed by atoms with Gasteiger partial charge in [-0.3, -0.25) is 29.0 Å². The maximum absolute atomic E-state index is 14.6. The van der Waals surface area contributed by atoms with Gasteiger partial charge >= 0.3 is 12.1 Å². The molecule has 18 heteroatoms. The van der Waals surface area contributed by atoms with Crippen LogP contribution in [0.2, 0.25) is 0 Å². The van der Waals surface area contributed by atoms with Crippen LogP contribution < -0.4 is 26.6 Å². The van der Waals surface area contributed by atoms with Gasteiger partial charge in [0.05, 0.1) is 12.2 Å². The molecule has 308 valence electrons. The fourth-order valence-electron chi connectivity index (χ4n) is 8.28. The molecule has 0 spiro atoms. The maximum Gasteiger partial charge on any atom is 0.490 e. The summed E-state index contributed by atoms with van der Waals surface area (Å²) >= 11 is 0. The van der Waals surface area contributed by atoms with Crippen LogP contribution in [0.3, 0.4) is 0 Å². The zero-order chi connectivity index (χ0) is 40.4. The van der Waals surface area contributed by atoms with Crippen molar-refractivity contribution >= 4 is 35.5 Å². The van der Waals surface area contributed by atoms with Crippen LogP contribution in [0.4, 0.5) is 13.2 Å². The highest BCUT2D eigenvalue weighted by Crippen LogP contribution is 2.42. The molecule has 5 N–H and O–H groups in total. The van der Waals surface area contributed by atoms with Crippen molar-refractivity contribution in [2.45, 2.75) is 126 Å². The predicted octanol–water partition coefficient (Wildman–Crippen LogP) is 2.08. The van der Waals surface area contributed by atoms with Crippen molar-refractivity contribution < 1.29 is 46.7 Å². The largest absolute Gasteiger partial charge is 0.490 e. The lowest BCUT2D eigenvalue weighted by molar-refractivity contribution is -0.206. The lowest BCUT2D eigenvalue weighted by Crippen LogP contribution is -2.61. The van der Waals surface area contributed by atoms with Gasteiger partial charge in [0.1, 0.15) is 17.8 Å². The predicted molar refractivity (Wildman–Crippen MR) is 195 cm³/mol. The van der Waals surface area contributed by atoms with Crippen LogP contribution in [0.25, 0.3) is 0 Å². The molecule has 1 aromatic rings. The lowest BCUT2D eigenvalue weighted by atomic mass is 9.83. The number of esters is 1. The van der Waals surface area contributed by atoms with Crippen LogP contribution >= 0.6 is 0 Å². The van der Waals surface area contributed by atoms with E-state index in [1.165, 1.54) is 23.5 Å². The van der Waals surface area contributed by atoms with E-state index in [-0.39, 0.29) is 55.5 Å². The van der Waals surface area contributed by atoms with E-state index >= 15 is 0 Å². The molecule has 2 unspecified atom stereocenters. The number of carbonyl (C=O) groups excluding carboxylic acids is 6. The van der Waals surface area contributed by atoms with Gasteiger partial charge in [0.25, 0.3) is 11.8 Å². The minimum atomic E-state index is -5.37. The van der Waals surface area contributed by atoms with Gasteiger partial charge in [0.2, 0.25) is 17.7 Å². The first-order valence-electron chi connectivity index (χ1n) is 19.7. The average molecular weight is 791 g/mol. The minimum absolute atomic E-state index is 0.00893. The van der Waals surface area contributed by atoms with E-state index in [1.807, 2.05) is 0 Å². The molecule has 3 saturated carbocycles. The zero-order valence-electron chi connectivity index (χ0n) is 31.7. The number of aromatic nitrogens is 2. The van der Waals surface area contributed by atoms with Crippen molar-refractivity contribution in [2.75, 3.05) is 19.6 Å². The second-order valence-corrected chi connectivity index (χ2v) is 15.3. The van der Waals surface area contributed by atoms with Gasteiger partial charge in [-0.25, -0.2) is 9.78 Å². The van der Waals surface area contributed by atoms with Crippen molar-refractivity contribution in [1.82, 2.24) is 41.5 Å². The van der Waals surface area contributed by atoms with E-state index < -0.39 is 72.0 Å². The molecule has 4 aliphatic rings. The molecule has 15 nitrogen and oxygen atoms in total. The highest BCUT2D eigenvalue weighted by molar-refractivity contribution is 5.93. The molecule has 4 fully saturated rings. The molecule has 0 radical (unpaired) electrons. The van der Waals surface area contributed by atoms with Crippen LogP contribution in [-0.2, 0) is 28.7 Å². The Morgan fingerprint density at radius 1 is 0.982 bits per heavy atom. The number of carbonyl (C=O) groups is 6. The molecular formula is C38H53F3N8O7. The molecule has 1 aromatic heterocycles. The number of alkyl halides is 3. The number of amides is 5. The van der Waals surface area contributed by atoms with Crippen LogP contribution in [0.15, 0.2) is 31.2 Å². The fraction of sp³-hybridized carbons (Fsp3) is 0.684. The van der Waals surface area contributed by atoms with Crippen molar-refractivity contribution in [2.24, 2.45) is 17.8 Å². The summed E-state index contributed by atoms with van der Waals surface area (Å²) in [6.07, 6.45) is 6.45. The first-order valence-corrected chi connectivity index (χ1v) is 19.7. The molecule has 56 heavy (non-hydrogen) atoms. The summed E-state index contributed by atoms with van der Waals surface area (Å²) in [5, 5.41) is 14.3. The Hall–Kier alpha value is -4.61. The Balaban J connectivity index is 1.37. The second-order valence-electron chi connectivity index (χ2n) is 15.3. The summed E-state index contributed by atoms with van der Waals surface area (Å²) in [6, 6.07) is -4.10. The lowest BCUT2D eigenvalue weighted by Gasteiger charge is -2.35. The van der Waals surface area contributed by atoms with Crippen molar-refractivity contribution in [3.63, 3.8) is 0 Å². The zero-order valence-corrected chi connectivity index (χ0v) is 31.7. The molecule has 5 rings (SSSR count). The maximum atomic E-state index is 14.6. The highest BCUT2D eigenvalue weighted by Gasteiger charge is 2.52. The van der Waals surface area contributed by atoms with Crippen molar-refractivity contribution in [3.05, 3.63) is 36.9 Å². The number of hydrogen-bond donors (Lipinski definition) is 5. The summed E-state index contributed by atoms with van der Waals surface area (Å²) in [4.78, 5) is 89.2. The summed E-state index contributed by atoms with van der Waals surface area (Å²) in [5.74, 6) is -5.84. The molecule has 3 aliphatic carbocycles. The molecular weight excluding hydrogens is 737 g/mol. The van der Waals surface area contributed by atoms with Crippen LogP contribution in [0, 0.1) is 17.8 Å². The molecule has 7 atom stereocenters. The van der Waals surface area contributed by atoms with Gasteiger partial charge in [0, 0.05) is 44.1 Å². The van der Waals surface area contributed by atoms with Crippen LogP contribution in [0.5, 0.6) is 0 Å².